The predicted molar refractivity (Wildman–Crippen MR) is 98.1 cm³/mol. The lowest BCUT2D eigenvalue weighted by Crippen LogP contribution is -2.00. The lowest BCUT2D eigenvalue weighted by Gasteiger charge is -2.08. The minimum atomic E-state index is -0.0680. The van der Waals surface area contributed by atoms with Crippen molar-refractivity contribution in [1.82, 2.24) is 0 Å². The van der Waals surface area contributed by atoms with Crippen molar-refractivity contribution in [1.29, 1.82) is 0 Å². The van der Waals surface area contributed by atoms with Gasteiger partial charge in [-0.3, -0.25) is 4.79 Å². The van der Waals surface area contributed by atoms with E-state index in [0.29, 0.717) is 21.8 Å². The van der Waals surface area contributed by atoms with Crippen LogP contribution in [0.1, 0.15) is 0 Å². The van der Waals surface area contributed by atoms with Gasteiger partial charge < -0.3 is 4.42 Å². The highest BCUT2D eigenvalue weighted by Gasteiger charge is 2.11. The lowest BCUT2D eigenvalue weighted by molar-refractivity contribution is 0.619. The third kappa shape index (κ3) is 2.46. The summed E-state index contributed by atoms with van der Waals surface area (Å²) in [7, 11) is 0. The van der Waals surface area contributed by atoms with E-state index in [1.54, 1.807) is 12.1 Å². The van der Waals surface area contributed by atoms with Crippen molar-refractivity contribution in [3.8, 4) is 11.3 Å². The van der Waals surface area contributed by atoms with Crippen LogP contribution in [-0.4, -0.2) is 0 Å². The Morgan fingerprint density at radius 2 is 1.65 bits per heavy atom. The fourth-order valence-corrected chi connectivity index (χ4v) is 3.33. The third-order valence-corrected chi connectivity index (χ3v) is 4.65. The molecule has 0 bridgehead atoms. The van der Waals surface area contributed by atoms with Crippen LogP contribution in [-0.2, 0) is 0 Å². The normalized spacial score (nSPS) is 11.2. The molecule has 0 aliphatic carbocycles. The third-order valence-electron chi connectivity index (χ3n) is 3.83. The van der Waals surface area contributed by atoms with Crippen molar-refractivity contribution >= 4 is 49.3 Å². The number of rotatable bonds is 1. The highest BCUT2D eigenvalue weighted by molar-refractivity contribution is 9.10. The van der Waals surface area contributed by atoms with Gasteiger partial charge in [-0.2, -0.15) is 0 Å². The topological polar surface area (TPSA) is 30.2 Å². The SMILES string of the molecule is O=c1cc(-c2ccc(Cl)c3ccccc23)oc2ccc(Br)cc12. The van der Waals surface area contributed by atoms with Gasteiger partial charge in [0.15, 0.2) is 5.43 Å². The van der Waals surface area contributed by atoms with E-state index in [1.807, 2.05) is 42.5 Å². The minimum absolute atomic E-state index is 0.0680. The fourth-order valence-electron chi connectivity index (χ4n) is 2.74. The van der Waals surface area contributed by atoms with E-state index >= 15 is 0 Å². The molecule has 4 rings (SSSR count). The molecule has 1 aromatic heterocycles. The Balaban J connectivity index is 2.06. The maximum Gasteiger partial charge on any atom is 0.193 e. The smallest absolute Gasteiger partial charge is 0.193 e. The van der Waals surface area contributed by atoms with Gasteiger partial charge in [0.05, 0.1) is 5.39 Å². The molecule has 4 aromatic rings. The highest BCUT2D eigenvalue weighted by Crippen LogP contribution is 2.33. The molecule has 0 saturated heterocycles. The van der Waals surface area contributed by atoms with Crippen LogP contribution in [0.5, 0.6) is 0 Å². The number of halogens is 2. The van der Waals surface area contributed by atoms with Gasteiger partial charge in [-0.05, 0) is 35.7 Å². The van der Waals surface area contributed by atoms with Gasteiger partial charge in [0.2, 0.25) is 0 Å². The van der Waals surface area contributed by atoms with Gasteiger partial charge in [0.1, 0.15) is 11.3 Å². The zero-order chi connectivity index (χ0) is 16.0. The minimum Gasteiger partial charge on any atom is -0.456 e. The summed E-state index contributed by atoms with van der Waals surface area (Å²) in [4.78, 5) is 12.4. The molecule has 0 atom stereocenters. The molecule has 0 radical (unpaired) electrons. The molecule has 112 valence electrons. The predicted octanol–water partition coefficient (Wildman–Crippen LogP) is 6.03. The van der Waals surface area contributed by atoms with Crippen molar-refractivity contribution in [2.75, 3.05) is 0 Å². The molecule has 0 unspecified atom stereocenters. The second-order valence-electron chi connectivity index (χ2n) is 5.26. The number of hydrogen-bond donors (Lipinski definition) is 0. The summed E-state index contributed by atoms with van der Waals surface area (Å²) in [5.74, 6) is 0.540. The molecule has 0 N–H and O–H groups in total. The van der Waals surface area contributed by atoms with Crippen molar-refractivity contribution < 1.29 is 4.42 Å². The molecule has 0 saturated carbocycles. The first-order valence-electron chi connectivity index (χ1n) is 7.04. The fraction of sp³-hybridized carbons (Fsp3) is 0. The van der Waals surface area contributed by atoms with E-state index < -0.39 is 0 Å². The summed E-state index contributed by atoms with van der Waals surface area (Å²) in [5, 5.41) is 3.13. The number of fused-ring (bicyclic) bond motifs is 2. The van der Waals surface area contributed by atoms with Crippen LogP contribution < -0.4 is 5.43 Å². The lowest BCUT2D eigenvalue weighted by atomic mass is 10.0. The summed E-state index contributed by atoms with van der Waals surface area (Å²) in [5.41, 5.74) is 1.35. The Morgan fingerprint density at radius 1 is 0.870 bits per heavy atom. The van der Waals surface area contributed by atoms with E-state index in [0.717, 1.165) is 20.8 Å². The molecule has 0 amide bonds. The summed E-state index contributed by atoms with van der Waals surface area (Å²) in [6.45, 7) is 0. The monoisotopic (exact) mass is 384 g/mol. The standard InChI is InChI=1S/C19H10BrClO2/c20-11-5-8-18-15(9-11)17(22)10-19(23-18)14-6-7-16(21)13-4-2-1-3-12(13)14/h1-10H. The molecule has 3 aromatic carbocycles. The molecule has 0 aliphatic heterocycles. The Hall–Kier alpha value is -2.10. The Morgan fingerprint density at radius 3 is 2.48 bits per heavy atom. The van der Waals surface area contributed by atoms with E-state index in [-0.39, 0.29) is 5.43 Å². The molecule has 0 aliphatic rings. The molecular weight excluding hydrogens is 376 g/mol. The van der Waals surface area contributed by atoms with Crippen LogP contribution in [0, 0.1) is 0 Å². The summed E-state index contributed by atoms with van der Waals surface area (Å²) in [6, 6.07) is 18.5. The molecule has 2 nitrogen and oxygen atoms in total. The quantitative estimate of drug-likeness (QED) is 0.400. The van der Waals surface area contributed by atoms with Gasteiger partial charge in [-0.15, -0.1) is 0 Å². The average molecular weight is 386 g/mol. The first kappa shape index (κ1) is 14.5. The van der Waals surface area contributed by atoms with E-state index in [1.165, 1.54) is 6.07 Å². The van der Waals surface area contributed by atoms with Gasteiger partial charge in [0.25, 0.3) is 0 Å². The van der Waals surface area contributed by atoms with Crippen LogP contribution in [0.3, 0.4) is 0 Å². The van der Waals surface area contributed by atoms with Crippen molar-refractivity contribution in [3.63, 3.8) is 0 Å². The maximum absolute atomic E-state index is 12.4. The van der Waals surface area contributed by atoms with E-state index in [2.05, 4.69) is 15.9 Å². The van der Waals surface area contributed by atoms with E-state index in [4.69, 9.17) is 16.0 Å². The van der Waals surface area contributed by atoms with Crippen molar-refractivity contribution in [2.24, 2.45) is 0 Å². The summed E-state index contributed by atoms with van der Waals surface area (Å²) in [6.07, 6.45) is 0. The molecule has 0 fully saturated rings. The highest BCUT2D eigenvalue weighted by atomic mass is 79.9. The van der Waals surface area contributed by atoms with Crippen LogP contribution in [0.25, 0.3) is 33.1 Å². The largest absolute Gasteiger partial charge is 0.456 e. The molecule has 4 heteroatoms. The Kier molecular flexibility index (Phi) is 3.47. The first-order valence-corrected chi connectivity index (χ1v) is 8.21. The molecule has 23 heavy (non-hydrogen) atoms. The Bertz CT molecular complexity index is 1120. The van der Waals surface area contributed by atoms with Crippen LogP contribution >= 0.6 is 27.5 Å². The zero-order valence-electron chi connectivity index (χ0n) is 11.8. The van der Waals surface area contributed by atoms with Crippen molar-refractivity contribution in [2.45, 2.75) is 0 Å². The first-order chi connectivity index (χ1) is 11.1. The van der Waals surface area contributed by atoms with E-state index in [9.17, 15) is 4.79 Å². The van der Waals surface area contributed by atoms with Crippen LogP contribution in [0.2, 0.25) is 5.02 Å². The summed E-state index contributed by atoms with van der Waals surface area (Å²) < 4.78 is 6.82. The number of hydrogen-bond acceptors (Lipinski definition) is 2. The zero-order valence-corrected chi connectivity index (χ0v) is 14.2. The average Bonchev–Trinajstić information content (AvgIpc) is 2.56. The van der Waals surface area contributed by atoms with Gasteiger partial charge in [-0.1, -0.05) is 51.8 Å². The second kappa shape index (κ2) is 5.52. The molecule has 0 spiro atoms. The summed E-state index contributed by atoms with van der Waals surface area (Å²) >= 11 is 9.64. The van der Waals surface area contributed by atoms with Gasteiger partial charge in [0, 0.05) is 26.5 Å². The maximum atomic E-state index is 12.4. The van der Waals surface area contributed by atoms with Gasteiger partial charge >= 0.3 is 0 Å². The van der Waals surface area contributed by atoms with Crippen LogP contribution in [0.4, 0.5) is 0 Å². The number of benzene rings is 3. The van der Waals surface area contributed by atoms with Gasteiger partial charge in [-0.25, -0.2) is 0 Å². The molecular formula is C19H10BrClO2. The Labute approximate surface area is 145 Å². The van der Waals surface area contributed by atoms with Crippen molar-refractivity contribution in [3.05, 3.63) is 80.4 Å². The van der Waals surface area contributed by atoms with Crippen LogP contribution in [0.15, 0.2) is 74.3 Å². The second-order valence-corrected chi connectivity index (χ2v) is 6.58. The molecule has 1 heterocycles.